The fourth-order valence-electron chi connectivity index (χ4n) is 6.88. The van der Waals surface area contributed by atoms with E-state index >= 15 is 0 Å². The summed E-state index contributed by atoms with van der Waals surface area (Å²) in [6.45, 7) is 6.40. The molecule has 0 aliphatic rings. The molecule has 6 nitrogen and oxygen atoms in total. The van der Waals surface area contributed by atoms with Gasteiger partial charge in [-0.25, -0.2) is 0 Å². The van der Waals surface area contributed by atoms with Crippen LogP contribution >= 0.6 is 0 Å². The van der Waals surface area contributed by atoms with Gasteiger partial charge in [0.05, 0.1) is 0 Å². The number of carbonyl (C=O) groups is 3. The van der Waals surface area contributed by atoms with Crippen molar-refractivity contribution in [3.8, 4) is 0 Å². The Labute approximate surface area is 394 Å². The van der Waals surface area contributed by atoms with Crippen molar-refractivity contribution in [2.24, 2.45) is 0 Å². The van der Waals surface area contributed by atoms with Crippen molar-refractivity contribution in [1.82, 2.24) is 0 Å². The fraction of sp³-hybridized carbons (Fsp3) is 0.672. The summed E-state index contributed by atoms with van der Waals surface area (Å²) in [6.07, 6.45) is 68.4. The van der Waals surface area contributed by atoms with Gasteiger partial charge in [0, 0.05) is 19.3 Å². The molecule has 0 aliphatic heterocycles. The maximum Gasteiger partial charge on any atom is 0.306 e. The minimum atomic E-state index is -0.827. The highest BCUT2D eigenvalue weighted by molar-refractivity contribution is 5.71. The lowest BCUT2D eigenvalue weighted by atomic mass is 10.1. The van der Waals surface area contributed by atoms with Gasteiger partial charge in [0.1, 0.15) is 13.2 Å². The number of esters is 3. The van der Waals surface area contributed by atoms with E-state index in [1.165, 1.54) is 96.3 Å². The third-order valence-corrected chi connectivity index (χ3v) is 10.8. The van der Waals surface area contributed by atoms with Gasteiger partial charge in [-0.2, -0.15) is 0 Å². The first-order valence-corrected chi connectivity index (χ1v) is 26.2. The molecule has 0 N–H and O–H groups in total. The molecule has 6 heteroatoms. The van der Waals surface area contributed by atoms with Gasteiger partial charge in [0.2, 0.25) is 0 Å². The molecule has 0 spiro atoms. The van der Waals surface area contributed by atoms with E-state index in [4.69, 9.17) is 14.2 Å². The minimum Gasteiger partial charge on any atom is -0.462 e. The summed E-state index contributed by atoms with van der Waals surface area (Å²) in [6, 6.07) is 0. The summed E-state index contributed by atoms with van der Waals surface area (Å²) in [5.41, 5.74) is 0. The number of unbranched alkanes of at least 4 members (excludes halogenated alkanes) is 19. The van der Waals surface area contributed by atoms with Gasteiger partial charge in [0.15, 0.2) is 6.10 Å². The molecule has 1 unspecified atom stereocenters. The molecule has 1 atom stereocenters. The second kappa shape index (κ2) is 52.0. The molecule has 364 valence electrons. The Morgan fingerprint density at radius 3 is 1.11 bits per heavy atom. The van der Waals surface area contributed by atoms with Crippen molar-refractivity contribution < 1.29 is 28.6 Å². The predicted octanol–water partition coefficient (Wildman–Crippen LogP) is 17.4. The maximum atomic E-state index is 12.8. The zero-order valence-electron chi connectivity index (χ0n) is 41.5. The summed E-state index contributed by atoms with van der Waals surface area (Å²) < 4.78 is 16.7. The highest BCUT2D eigenvalue weighted by atomic mass is 16.6. The molecular formula is C58H96O6. The second-order valence-corrected chi connectivity index (χ2v) is 17.0. The van der Waals surface area contributed by atoms with Crippen LogP contribution in [-0.4, -0.2) is 37.2 Å². The quantitative estimate of drug-likeness (QED) is 0.0262. The number of allylic oxidation sites excluding steroid dienone is 16. The van der Waals surface area contributed by atoms with Gasteiger partial charge >= 0.3 is 17.9 Å². The molecule has 0 heterocycles. The average Bonchev–Trinajstić information content (AvgIpc) is 3.29. The molecule has 0 fully saturated rings. The van der Waals surface area contributed by atoms with Crippen LogP contribution in [0.2, 0.25) is 0 Å². The second-order valence-electron chi connectivity index (χ2n) is 17.0. The first kappa shape index (κ1) is 60.3. The van der Waals surface area contributed by atoms with E-state index in [-0.39, 0.29) is 44.0 Å². The molecule has 0 aliphatic carbocycles. The first-order chi connectivity index (χ1) is 31.5. The summed E-state index contributed by atoms with van der Waals surface area (Å²) in [5.74, 6) is -1.06. The molecule has 0 saturated carbocycles. The number of carbonyl (C=O) groups excluding carboxylic acids is 3. The van der Waals surface area contributed by atoms with E-state index in [2.05, 4.69) is 112 Å². The van der Waals surface area contributed by atoms with Crippen LogP contribution in [0, 0.1) is 0 Å². The largest absolute Gasteiger partial charge is 0.462 e. The number of hydrogen-bond acceptors (Lipinski definition) is 6. The molecule has 0 amide bonds. The summed E-state index contributed by atoms with van der Waals surface area (Å²) in [4.78, 5) is 37.9. The maximum absolute atomic E-state index is 12.8. The SMILES string of the molecule is CC/C=C\C/C=C\C/C=C\C/C=C\C/C=C\CCCC(=O)OCC(COC(=O)CC/C=C\C/C=C\CCCCCCCC)OC(=O)CCCCCCC/C=C\CCCCCCCCC. The van der Waals surface area contributed by atoms with Crippen molar-refractivity contribution in [2.75, 3.05) is 13.2 Å². The van der Waals surface area contributed by atoms with E-state index in [9.17, 15) is 14.4 Å². The summed E-state index contributed by atoms with van der Waals surface area (Å²) in [5, 5.41) is 0. The molecule has 0 saturated heterocycles. The molecular weight excluding hydrogens is 793 g/mol. The van der Waals surface area contributed by atoms with Crippen molar-refractivity contribution in [1.29, 1.82) is 0 Å². The van der Waals surface area contributed by atoms with Gasteiger partial charge in [-0.3, -0.25) is 14.4 Å². The standard InChI is InChI=1S/C58H96O6/c1-4-7-10-13-16-19-22-25-27-29-31-33-36-39-42-45-48-51-57(60)63-54-55(53-62-56(59)50-47-44-41-38-35-32-24-21-18-15-12-9-6-3)64-58(61)52-49-46-43-40-37-34-30-28-26-23-20-17-14-11-8-5-2/h7,10,16,19,25,27-28,30-33,35,39,41-42,44,55H,4-6,8-9,11-15,17-18,20-24,26,29,34,36-38,40,43,45-54H2,1-3H3/b10-7-,19-16-,27-25-,30-28-,33-31-,35-32-,42-39-,44-41-. The first-order valence-electron chi connectivity index (χ1n) is 26.2. The van der Waals surface area contributed by atoms with Gasteiger partial charge in [-0.05, 0) is 103 Å². The lowest BCUT2D eigenvalue weighted by Crippen LogP contribution is -2.30. The Balaban J connectivity index is 4.55. The van der Waals surface area contributed by atoms with Gasteiger partial charge in [0.25, 0.3) is 0 Å². The van der Waals surface area contributed by atoms with E-state index in [1.807, 2.05) is 6.08 Å². The molecule has 0 rings (SSSR count). The van der Waals surface area contributed by atoms with Crippen LogP contribution in [-0.2, 0) is 28.6 Å². The molecule has 0 bridgehead atoms. The Bertz CT molecular complexity index is 1300. The van der Waals surface area contributed by atoms with Crippen LogP contribution in [0.3, 0.4) is 0 Å². The normalized spacial score (nSPS) is 12.9. The third-order valence-electron chi connectivity index (χ3n) is 10.8. The minimum absolute atomic E-state index is 0.128. The monoisotopic (exact) mass is 889 g/mol. The van der Waals surface area contributed by atoms with Crippen LogP contribution in [0.25, 0.3) is 0 Å². The zero-order valence-corrected chi connectivity index (χ0v) is 41.5. The molecule has 0 radical (unpaired) electrons. The van der Waals surface area contributed by atoms with Crippen molar-refractivity contribution in [2.45, 2.75) is 239 Å². The molecule has 64 heavy (non-hydrogen) atoms. The highest BCUT2D eigenvalue weighted by Crippen LogP contribution is 2.13. The topological polar surface area (TPSA) is 78.9 Å². The lowest BCUT2D eigenvalue weighted by molar-refractivity contribution is -0.166. The predicted molar refractivity (Wildman–Crippen MR) is 274 cm³/mol. The van der Waals surface area contributed by atoms with Gasteiger partial charge in [-0.15, -0.1) is 0 Å². The molecule has 0 aromatic heterocycles. The Morgan fingerprint density at radius 2 is 0.656 bits per heavy atom. The van der Waals surface area contributed by atoms with E-state index in [0.29, 0.717) is 19.3 Å². The molecule has 0 aromatic carbocycles. The van der Waals surface area contributed by atoms with Crippen LogP contribution < -0.4 is 0 Å². The lowest BCUT2D eigenvalue weighted by Gasteiger charge is -2.18. The van der Waals surface area contributed by atoms with Crippen LogP contribution in [0.1, 0.15) is 233 Å². The number of ether oxygens (including phenoxy) is 3. The van der Waals surface area contributed by atoms with Crippen LogP contribution in [0.5, 0.6) is 0 Å². The van der Waals surface area contributed by atoms with Crippen molar-refractivity contribution in [3.63, 3.8) is 0 Å². The fourth-order valence-corrected chi connectivity index (χ4v) is 6.88. The molecule has 0 aromatic rings. The number of rotatable bonds is 46. The van der Waals surface area contributed by atoms with Crippen LogP contribution in [0.4, 0.5) is 0 Å². The van der Waals surface area contributed by atoms with Crippen molar-refractivity contribution in [3.05, 3.63) is 97.2 Å². The van der Waals surface area contributed by atoms with E-state index in [1.54, 1.807) is 0 Å². The van der Waals surface area contributed by atoms with E-state index < -0.39 is 6.10 Å². The Hall–Kier alpha value is -3.67. The summed E-state index contributed by atoms with van der Waals surface area (Å²) in [7, 11) is 0. The van der Waals surface area contributed by atoms with E-state index in [0.717, 1.165) is 83.5 Å². The third kappa shape index (κ3) is 49.3. The van der Waals surface area contributed by atoms with Gasteiger partial charge < -0.3 is 14.2 Å². The van der Waals surface area contributed by atoms with Gasteiger partial charge in [-0.1, -0.05) is 208 Å². The Kier molecular flexibility index (Phi) is 49.0. The highest BCUT2D eigenvalue weighted by Gasteiger charge is 2.19. The van der Waals surface area contributed by atoms with Crippen LogP contribution in [0.15, 0.2) is 97.2 Å². The smallest absolute Gasteiger partial charge is 0.306 e. The van der Waals surface area contributed by atoms with Crippen molar-refractivity contribution >= 4 is 17.9 Å². The Morgan fingerprint density at radius 1 is 0.328 bits per heavy atom. The number of hydrogen-bond donors (Lipinski definition) is 0. The average molecular weight is 889 g/mol. The zero-order chi connectivity index (χ0) is 46.5. The summed E-state index contributed by atoms with van der Waals surface area (Å²) >= 11 is 0.